The lowest BCUT2D eigenvalue weighted by Gasteiger charge is -2.33. The number of hydrogen-bond donors (Lipinski definition) is 1. The zero-order valence-electron chi connectivity index (χ0n) is 12.1. The van der Waals surface area contributed by atoms with Crippen LogP contribution >= 0.6 is 0 Å². The van der Waals surface area contributed by atoms with Gasteiger partial charge in [-0.3, -0.25) is 14.4 Å². The summed E-state index contributed by atoms with van der Waals surface area (Å²) in [5.74, 6) is -0.886. The normalized spacial score (nSPS) is 18.6. The first kappa shape index (κ1) is 16.5. The van der Waals surface area contributed by atoms with E-state index < -0.39 is 5.97 Å². The van der Waals surface area contributed by atoms with Gasteiger partial charge in [0.25, 0.3) is 5.91 Å². The molecule has 0 aromatic heterocycles. The summed E-state index contributed by atoms with van der Waals surface area (Å²) in [4.78, 5) is 35.7. The van der Waals surface area contributed by atoms with Crippen LogP contribution in [0.25, 0.3) is 0 Å². The van der Waals surface area contributed by atoms with Gasteiger partial charge in [-0.25, -0.2) is 0 Å². The molecule has 2 amide bonds. The predicted octanol–water partition coefficient (Wildman–Crippen LogP) is 0.976. The number of nitrogens with two attached hydrogens (primary N) is 1. The average Bonchev–Trinajstić information content (AvgIpc) is 2.41. The van der Waals surface area contributed by atoms with Crippen molar-refractivity contribution >= 4 is 17.8 Å². The summed E-state index contributed by atoms with van der Waals surface area (Å²) < 4.78 is 4.97. The van der Waals surface area contributed by atoms with Crippen molar-refractivity contribution in [3.63, 3.8) is 0 Å². The van der Waals surface area contributed by atoms with E-state index in [0.29, 0.717) is 12.8 Å². The van der Waals surface area contributed by atoms with Crippen molar-refractivity contribution in [1.82, 2.24) is 4.90 Å². The molecule has 0 bridgehead atoms. The molecular weight excluding hydrogens is 260 g/mol. The van der Waals surface area contributed by atoms with Gasteiger partial charge in [0.1, 0.15) is 0 Å². The molecule has 6 heteroatoms. The van der Waals surface area contributed by atoms with Crippen molar-refractivity contribution in [1.29, 1.82) is 0 Å². The molecule has 1 unspecified atom stereocenters. The lowest BCUT2D eigenvalue weighted by molar-refractivity contribution is -0.153. The maximum atomic E-state index is 11.9. The van der Waals surface area contributed by atoms with Crippen LogP contribution < -0.4 is 5.73 Å². The molecule has 2 N–H and O–H groups in total. The molecule has 0 aromatic rings. The topological polar surface area (TPSA) is 89.7 Å². The van der Waals surface area contributed by atoms with Gasteiger partial charge in [0.05, 0.1) is 0 Å². The van der Waals surface area contributed by atoms with Gasteiger partial charge in [-0.1, -0.05) is 0 Å². The monoisotopic (exact) mass is 284 g/mol. The summed E-state index contributed by atoms with van der Waals surface area (Å²) >= 11 is 0. The first-order chi connectivity index (χ1) is 9.50. The number of carbonyl (C=O) groups excluding carboxylic acids is 3. The summed E-state index contributed by atoms with van der Waals surface area (Å²) in [7, 11) is 0. The third kappa shape index (κ3) is 6.04. The van der Waals surface area contributed by atoms with Gasteiger partial charge in [-0.05, 0) is 39.0 Å². The van der Waals surface area contributed by atoms with Gasteiger partial charge in [0, 0.05) is 25.4 Å². The van der Waals surface area contributed by atoms with E-state index in [2.05, 4.69) is 0 Å². The number of ether oxygens (including phenoxy) is 1. The molecule has 1 rings (SSSR count). The molecule has 0 spiro atoms. The molecule has 1 aliphatic rings. The maximum Gasteiger partial charge on any atom is 0.306 e. The zero-order valence-corrected chi connectivity index (χ0v) is 12.1. The van der Waals surface area contributed by atoms with E-state index in [0.717, 1.165) is 25.8 Å². The Bertz CT molecular complexity index is 357. The molecule has 1 saturated heterocycles. The predicted molar refractivity (Wildman–Crippen MR) is 73.6 cm³/mol. The molecule has 6 nitrogen and oxygen atoms in total. The SMILES string of the molecule is CC1CCCCN1C(=O)COC(=O)CCCCC(N)=O. The number of carbonyl (C=O) groups is 3. The summed E-state index contributed by atoms with van der Waals surface area (Å²) in [6.07, 6.45) is 4.78. The Labute approximate surface area is 119 Å². The number of likely N-dealkylation sites (tertiary alicyclic amines) is 1. The molecule has 0 aromatic carbocycles. The second-order valence-electron chi connectivity index (χ2n) is 5.27. The number of piperidine rings is 1. The van der Waals surface area contributed by atoms with Gasteiger partial charge >= 0.3 is 5.97 Å². The Morgan fingerprint density at radius 2 is 1.90 bits per heavy atom. The molecular formula is C14H24N2O4. The number of unbranched alkanes of at least 4 members (excludes halogenated alkanes) is 1. The van der Waals surface area contributed by atoms with Crippen LogP contribution in [0.15, 0.2) is 0 Å². The molecule has 0 radical (unpaired) electrons. The number of hydrogen-bond acceptors (Lipinski definition) is 4. The fourth-order valence-corrected chi connectivity index (χ4v) is 2.33. The highest BCUT2D eigenvalue weighted by Gasteiger charge is 2.23. The maximum absolute atomic E-state index is 11.9. The van der Waals surface area contributed by atoms with Crippen LogP contribution in [-0.4, -0.2) is 41.9 Å². The molecule has 1 heterocycles. The minimum atomic E-state index is -0.396. The van der Waals surface area contributed by atoms with E-state index in [4.69, 9.17) is 10.5 Å². The van der Waals surface area contributed by atoms with Crippen LogP contribution in [-0.2, 0) is 19.1 Å². The standard InChI is InChI=1S/C14H24N2O4/c1-11-6-4-5-9-16(11)13(18)10-20-14(19)8-3-2-7-12(15)17/h11H,2-10H2,1H3,(H2,15,17). The lowest BCUT2D eigenvalue weighted by atomic mass is 10.0. The summed E-state index contributed by atoms with van der Waals surface area (Å²) in [6.45, 7) is 2.58. The largest absolute Gasteiger partial charge is 0.456 e. The molecule has 1 fully saturated rings. The smallest absolute Gasteiger partial charge is 0.306 e. The quantitative estimate of drug-likeness (QED) is 0.557. The first-order valence-electron chi connectivity index (χ1n) is 7.24. The summed E-state index contributed by atoms with van der Waals surface area (Å²) in [5.41, 5.74) is 5.00. The molecule has 1 aliphatic heterocycles. The molecule has 0 aliphatic carbocycles. The molecule has 20 heavy (non-hydrogen) atoms. The van der Waals surface area contributed by atoms with E-state index in [-0.39, 0.29) is 37.3 Å². The zero-order chi connectivity index (χ0) is 15.0. The van der Waals surface area contributed by atoms with Gasteiger partial charge < -0.3 is 15.4 Å². The average molecular weight is 284 g/mol. The van der Waals surface area contributed by atoms with Crippen LogP contribution in [0.1, 0.15) is 51.9 Å². The first-order valence-corrected chi connectivity index (χ1v) is 7.24. The van der Waals surface area contributed by atoms with Crippen LogP contribution in [0.5, 0.6) is 0 Å². The highest BCUT2D eigenvalue weighted by atomic mass is 16.5. The van der Waals surface area contributed by atoms with Gasteiger partial charge in [-0.2, -0.15) is 0 Å². The molecule has 0 saturated carbocycles. The van der Waals surface area contributed by atoms with Crippen molar-refractivity contribution in [3.05, 3.63) is 0 Å². The van der Waals surface area contributed by atoms with Crippen LogP contribution in [0.4, 0.5) is 0 Å². The van der Waals surface area contributed by atoms with Gasteiger partial charge in [0.2, 0.25) is 5.91 Å². The Kier molecular flexibility index (Phi) is 7.04. The molecule has 114 valence electrons. The van der Waals surface area contributed by atoms with E-state index in [9.17, 15) is 14.4 Å². The van der Waals surface area contributed by atoms with Crippen LogP contribution in [0.3, 0.4) is 0 Å². The van der Waals surface area contributed by atoms with E-state index in [1.165, 1.54) is 0 Å². The van der Waals surface area contributed by atoms with Crippen molar-refractivity contribution in [2.45, 2.75) is 57.9 Å². The van der Waals surface area contributed by atoms with Gasteiger partial charge in [-0.15, -0.1) is 0 Å². The van der Waals surface area contributed by atoms with Crippen molar-refractivity contribution < 1.29 is 19.1 Å². The van der Waals surface area contributed by atoms with E-state index >= 15 is 0 Å². The fourth-order valence-electron chi connectivity index (χ4n) is 2.33. The number of primary amides is 1. The highest BCUT2D eigenvalue weighted by molar-refractivity contribution is 5.81. The summed E-state index contributed by atoms with van der Waals surface area (Å²) in [5, 5.41) is 0. The number of rotatable bonds is 7. The third-order valence-corrected chi connectivity index (χ3v) is 3.53. The van der Waals surface area contributed by atoms with Crippen molar-refractivity contribution in [2.75, 3.05) is 13.2 Å². The van der Waals surface area contributed by atoms with Gasteiger partial charge in [0.15, 0.2) is 6.61 Å². The molecule has 1 atom stereocenters. The highest BCUT2D eigenvalue weighted by Crippen LogP contribution is 2.16. The van der Waals surface area contributed by atoms with Crippen molar-refractivity contribution in [3.8, 4) is 0 Å². The number of esters is 1. The Morgan fingerprint density at radius 1 is 1.20 bits per heavy atom. The third-order valence-electron chi connectivity index (χ3n) is 3.53. The van der Waals surface area contributed by atoms with Crippen LogP contribution in [0.2, 0.25) is 0 Å². The number of amides is 2. The minimum Gasteiger partial charge on any atom is -0.456 e. The second-order valence-corrected chi connectivity index (χ2v) is 5.27. The fraction of sp³-hybridized carbons (Fsp3) is 0.786. The van der Waals surface area contributed by atoms with Crippen molar-refractivity contribution in [2.24, 2.45) is 5.73 Å². The number of nitrogens with zero attached hydrogens (tertiary/aromatic N) is 1. The summed E-state index contributed by atoms with van der Waals surface area (Å²) in [6, 6.07) is 0.227. The Balaban J connectivity index is 2.16. The second kappa shape index (κ2) is 8.55. The van der Waals surface area contributed by atoms with Crippen LogP contribution in [0, 0.1) is 0 Å². The van der Waals surface area contributed by atoms with E-state index in [1.807, 2.05) is 6.92 Å². The lowest BCUT2D eigenvalue weighted by Crippen LogP contribution is -2.44. The van der Waals surface area contributed by atoms with E-state index in [1.54, 1.807) is 4.90 Å². The Hall–Kier alpha value is -1.59. The minimum absolute atomic E-state index is 0.123. The Morgan fingerprint density at radius 3 is 2.55 bits per heavy atom.